The van der Waals surface area contributed by atoms with Gasteiger partial charge < -0.3 is 5.32 Å². The lowest BCUT2D eigenvalue weighted by Gasteiger charge is -2.25. The van der Waals surface area contributed by atoms with E-state index in [2.05, 4.69) is 5.32 Å². The molecule has 0 fully saturated rings. The van der Waals surface area contributed by atoms with Gasteiger partial charge in [-0.1, -0.05) is 36.4 Å². The molecule has 0 unspecified atom stereocenters. The van der Waals surface area contributed by atoms with E-state index < -0.39 is 15.8 Å². The van der Waals surface area contributed by atoms with E-state index in [4.69, 9.17) is 0 Å². The van der Waals surface area contributed by atoms with Crippen LogP contribution in [-0.2, 0) is 16.6 Å². The second kappa shape index (κ2) is 9.09. The van der Waals surface area contributed by atoms with Gasteiger partial charge in [0.25, 0.3) is 15.9 Å². The molecule has 0 saturated heterocycles. The Labute approximate surface area is 176 Å². The van der Waals surface area contributed by atoms with E-state index >= 15 is 0 Å². The smallest absolute Gasteiger partial charge is 0.264 e. The van der Waals surface area contributed by atoms with Gasteiger partial charge in [-0.2, -0.15) is 0 Å². The monoisotopic (exact) mass is 426 g/mol. The molecule has 30 heavy (non-hydrogen) atoms. The van der Waals surface area contributed by atoms with E-state index in [1.54, 1.807) is 24.3 Å². The maximum atomic E-state index is 13.4. The average Bonchev–Trinajstić information content (AvgIpc) is 2.72. The van der Waals surface area contributed by atoms with Gasteiger partial charge in [-0.25, -0.2) is 12.8 Å². The Balaban J connectivity index is 2.06. The topological polar surface area (TPSA) is 66.5 Å². The minimum absolute atomic E-state index is 0.0307. The molecule has 3 rings (SSSR count). The normalized spacial score (nSPS) is 11.3. The number of nitrogens with zero attached hydrogens (tertiary/aromatic N) is 1. The van der Waals surface area contributed by atoms with Gasteiger partial charge in [0.15, 0.2) is 0 Å². The number of carbonyl (C=O) groups excluding carboxylic acids is 1. The van der Waals surface area contributed by atoms with E-state index in [0.29, 0.717) is 11.3 Å². The minimum atomic E-state index is -4.00. The predicted molar refractivity (Wildman–Crippen MR) is 115 cm³/mol. The number of benzene rings is 3. The Bertz CT molecular complexity index is 1110. The fourth-order valence-corrected chi connectivity index (χ4v) is 4.39. The van der Waals surface area contributed by atoms with Crippen LogP contribution in [0.1, 0.15) is 29.8 Å². The third kappa shape index (κ3) is 5.04. The largest absolute Gasteiger partial charge is 0.350 e. The number of hydrogen-bond donors (Lipinski definition) is 1. The fourth-order valence-electron chi connectivity index (χ4n) is 2.95. The van der Waals surface area contributed by atoms with Crippen molar-refractivity contribution in [3.05, 3.63) is 95.8 Å². The number of sulfonamides is 1. The summed E-state index contributed by atoms with van der Waals surface area (Å²) in [4.78, 5) is 12.4. The van der Waals surface area contributed by atoms with Crippen LogP contribution in [0.3, 0.4) is 0 Å². The summed E-state index contributed by atoms with van der Waals surface area (Å²) in [6.07, 6.45) is 0. The molecule has 3 aromatic rings. The lowest BCUT2D eigenvalue weighted by molar-refractivity contribution is 0.0943. The van der Waals surface area contributed by atoms with E-state index in [-0.39, 0.29) is 23.4 Å². The molecule has 5 nitrogen and oxygen atoms in total. The SMILES string of the molecule is CC(C)NC(=O)c1cccc(N(Cc2ccccc2)S(=O)(=O)c2ccc(F)cc2)c1. The van der Waals surface area contributed by atoms with Crippen molar-refractivity contribution >= 4 is 21.6 Å². The molecule has 0 saturated carbocycles. The van der Waals surface area contributed by atoms with E-state index in [1.165, 1.54) is 16.4 Å². The molecule has 0 radical (unpaired) electrons. The Hall–Kier alpha value is -3.19. The van der Waals surface area contributed by atoms with Gasteiger partial charge in [0.2, 0.25) is 0 Å². The van der Waals surface area contributed by atoms with Crippen molar-refractivity contribution in [3.8, 4) is 0 Å². The molecule has 156 valence electrons. The molecule has 1 amide bonds. The van der Waals surface area contributed by atoms with Crippen LogP contribution in [0.5, 0.6) is 0 Å². The van der Waals surface area contributed by atoms with Crippen LogP contribution in [0.4, 0.5) is 10.1 Å². The van der Waals surface area contributed by atoms with Gasteiger partial charge in [-0.15, -0.1) is 0 Å². The molecular weight excluding hydrogens is 403 g/mol. The summed E-state index contributed by atoms with van der Waals surface area (Å²) in [6.45, 7) is 3.76. The molecule has 3 aromatic carbocycles. The molecule has 1 N–H and O–H groups in total. The van der Waals surface area contributed by atoms with E-state index in [9.17, 15) is 17.6 Å². The first kappa shape index (κ1) is 21.5. The number of amides is 1. The third-order valence-electron chi connectivity index (χ3n) is 4.39. The van der Waals surface area contributed by atoms with Crippen molar-refractivity contribution in [3.63, 3.8) is 0 Å². The summed E-state index contributed by atoms with van der Waals surface area (Å²) in [5, 5.41) is 2.80. The van der Waals surface area contributed by atoms with Gasteiger partial charge in [0.1, 0.15) is 5.82 Å². The lowest BCUT2D eigenvalue weighted by atomic mass is 10.1. The molecule has 0 bridgehead atoms. The number of anilines is 1. The van der Waals surface area contributed by atoms with Crippen LogP contribution in [0.2, 0.25) is 0 Å². The van der Waals surface area contributed by atoms with Crippen LogP contribution in [-0.4, -0.2) is 20.4 Å². The zero-order chi connectivity index (χ0) is 21.7. The highest BCUT2D eigenvalue weighted by Crippen LogP contribution is 2.27. The zero-order valence-electron chi connectivity index (χ0n) is 16.7. The summed E-state index contributed by atoms with van der Waals surface area (Å²) < 4.78 is 41.4. The second-order valence-corrected chi connectivity index (χ2v) is 8.99. The van der Waals surface area contributed by atoms with E-state index in [0.717, 1.165) is 17.7 Å². The standard InChI is InChI=1S/C23H23FN2O3S/c1-17(2)25-23(27)19-9-6-10-21(15-19)26(16-18-7-4-3-5-8-18)30(28,29)22-13-11-20(24)12-14-22/h3-15,17H,16H2,1-2H3,(H,25,27). The molecule has 0 atom stereocenters. The first-order valence-corrected chi connectivity index (χ1v) is 10.9. The van der Waals surface area contributed by atoms with Crippen LogP contribution in [0.25, 0.3) is 0 Å². The Morgan fingerprint density at radius 3 is 2.27 bits per heavy atom. The van der Waals surface area contributed by atoms with Gasteiger partial charge in [-0.3, -0.25) is 9.10 Å². The van der Waals surface area contributed by atoms with Crippen LogP contribution < -0.4 is 9.62 Å². The Morgan fingerprint density at radius 2 is 1.63 bits per heavy atom. The highest BCUT2D eigenvalue weighted by atomic mass is 32.2. The number of hydrogen-bond acceptors (Lipinski definition) is 3. The molecule has 0 heterocycles. The molecule has 0 aliphatic heterocycles. The van der Waals surface area contributed by atoms with Crippen LogP contribution >= 0.6 is 0 Å². The highest BCUT2D eigenvalue weighted by molar-refractivity contribution is 7.92. The van der Waals surface area contributed by atoms with Crippen molar-refractivity contribution in [1.82, 2.24) is 5.32 Å². The molecule has 7 heteroatoms. The number of nitrogens with one attached hydrogen (secondary N) is 1. The summed E-state index contributed by atoms with van der Waals surface area (Å²) in [5.41, 5.74) is 1.48. The summed E-state index contributed by atoms with van der Waals surface area (Å²) in [6, 6.07) is 20.2. The molecule has 0 spiro atoms. The van der Waals surface area contributed by atoms with E-state index in [1.807, 2.05) is 44.2 Å². The second-order valence-electron chi connectivity index (χ2n) is 7.13. The molecule has 0 aliphatic rings. The van der Waals surface area contributed by atoms with Gasteiger partial charge >= 0.3 is 0 Å². The Kier molecular flexibility index (Phi) is 6.52. The first-order valence-electron chi connectivity index (χ1n) is 9.50. The van der Waals surface area contributed by atoms with Gasteiger partial charge in [0.05, 0.1) is 17.1 Å². The minimum Gasteiger partial charge on any atom is -0.350 e. The molecular formula is C23H23FN2O3S. The van der Waals surface area contributed by atoms with Crippen molar-refractivity contribution in [1.29, 1.82) is 0 Å². The average molecular weight is 427 g/mol. The summed E-state index contributed by atoms with van der Waals surface area (Å²) >= 11 is 0. The molecule has 0 aliphatic carbocycles. The fraction of sp³-hybridized carbons (Fsp3) is 0.174. The number of carbonyl (C=O) groups is 1. The number of halogens is 1. The summed E-state index contributed by atoms with van der Waals surface area (Å²) in [7, 11) is -4.00. The maximum absolute atomic E-state index is 13.4. The van der Waals surface area contributed by atoms with Crippen molar-refractivity contribution in [2.75, 3.05) is 4.31 Å². The zero-order valence-corrected chi connectivity index (χ0v) is 17.6. The lowest BCUT2D eigenvalue weighted by Crippen LogP contribution is -2.32. The Morgan fingerprint density at radius 1 is 0.967 bits per heavy atom. The molecule has 0 aromatic heterocycles. The predicted octanol–water partition coefficient (Wildman–Crippen LogP) is 4.36. The van der Waals surface area contributed by atoms with Crippen LogP contribution in [0.15, 0.2) is 83.8 Å². The van der Waals surface area contributed by atoms with Crippen molar-refractivity contribution in [2.24, 2.45) is 0 Å². The quantitative estimate of drug-likeness (QED) is 0.610. The van der Waals surface area contributed by atoms with Crippen LogP contribution in [0, 0.1) is 5.82 Å². The first-order chi connectivity index (χ1) is 14.3. The van der Waals surface area contributed by atoms with Gasteiger partial charge in [0, 0.05) is 11.6 Å². The van der Waals surface area contributed by atoms with Crippen molar-refractivity contribution < 1.29 is 17.6 Å². The number of rotatable bonds is 7. The third-order valence-corrected chi connectivity index (χ3v) is 6.17. The van der Waals surface area contributed by atoms with Gasteiger partial charge in [-0.05, 0) is 61.9 Å². The maximum Gasteiger partial charge on any atom is 0.264 e. The van der Waals surface area contributed by atoms with Crippen molar-refractivity contribution in [2.45, 2.75) is 31.3 Å². The summed E-state index contributed by atoms with van der Waals surface area (Å²) in [5.74, 6) is -0.804. The highest BCUT2D eigenvalue weighted by Gasteiger charge is 2.26.